The van der Waals surface area contributed by atoms with E-state index in [4.69, 9.17) is 10.8 Å². The number of carboxylic acid groups (broad SMARTS) is 1. The average Bonchev–Trinajstić information content (AvgIpc) is 2.39. The first-order chi connectivity index (χ1) is 6.20. The molecule has 1 aliphatic heterocycles. The Bertz CT molecular complexity index is 351. The van der Waals surface area contributed by atoms with E-state index in [1.165, 1.54) is 4.90 Å². The monoisotopic (exact) mass is 178 g/mol. The van der Waals surface area contributed by atoms with Gasteiger partial charge in [0.05, 0.1) is 11.9 Å². The molecule has 0 fully saturated rings. The Labute approximate surface area is 75.6 Å². The fourth-order valence-corrected chi connectivity index (χ4v) is 1.66. The molecule has 0 saturated carbocycles. The normalized spacial score (nSPS) is 20.1. The number of fused-ring (bicyclic) bond motifs is 1. The fraction of sp³-hybridized carbons (Fsp3) is 0.222. The SMILES string of the molecule is NC1Cc2ccccc2N1C(=O)O. The van der Waals surface area contributed by atoms with Crippen LogP contribution in [0.3, 0.4) is 0 Å². The Morgan fingerprint density at radius 3 is 2.92 bits per heavy atom. The minimum atomic E-state index is -0.988. The molecule has 0 bridgehead atoms. The second kappa shape index (κ2) is 2.74. The van der Waals surface area contributed by atoms with Crippen LogP contribution in [0.25, 0.3) is 0 Å². The molecule has 1 amide bonds. The zero-order valence-electron chi connectivity index (χ0n) is 6.97. The lowest BCUT2D eigenvalue weighted by Crippen LogP contribution is -2.42. The molecule has 1 aliphatic rings. The molecule has 1 atom stereocenters. The number of carbonyl (C=O) groups is 1. The van der Waals surface area contributed by atoms with E-state index < -0.39 is 12.3 Å². The lowest BCUT2D eigenvalue weighted by molar-refractivity contribution is 0.200. The maximum absolute atomic E-state index is 10.8. The second-order valence-corrected chi connectivity index (χ2v) is 3.05. The van der Waals surface area contributed by atoms with Crippen LogP contribution in [0.5, 0.6) is 0 Å². The number of rotatable bonds is 0. The lowest BCUT2D eigenvalue weighted by Gasteiger charge is -2.17. The molecule has 0 spiro atoms. The molecule has 0 aliphatic carbocycles. The summed E-state index contributed by atoms with van der Waals surface area (Å²) in [5, 5.41) is 8.88. The van der Waals surface area contributed by atoms with Crippen LogP contribution in [0, 0.1) is 0 Å². The van der Waals surface area contributed by atoms with Crippen LogP contribution in [-0.4, -0.2) is 17.4 Å². The molecule has 0 saturated heterocycles. The maximum Gasteiger partial charge on any atom is 0.413 e. The van der Waals surface area contributed by atoms with Gasteiger partial charge in [-0.2, -0.15) is 0 Å². The van der Waals surface area contributed by atoms with Gasteiger partial charge in [-0.1, -0.05) is 18.2 Å². The Kier molecular flexibility index (Phi) is 1.70. The predicted octanol–water partition coefficient (Wildman–Crippen LogP) is 1.01. The zero-order chi connectivity index (χ0) is 9.42. The van der Waals surface area contributed by atoms with Gasteiger partial charge >= 0.3 is 6.09 Å². The fourth-order valence-electron chi connectivity index (χ4n) is 1.66. The molecule has 1 aromatic rings. The first-order valence-corrected chi connectivity index (χ1v) is 4.06. The topological polar surface area (TPSA) is 66.6 Å². The molecule has 2 rings (SSSR count). The van der Waals surface area contributed by atoms with Gasteiger partial charge in [-0.15, -0.1) is 0 Å². The minimum absolute atomic E-state index is 0.435. The number of amides is 1. The molecule has 4 heteroatoms. The summed E-state index contributed by atoms with van der Waals surface area (Å²) >= 11 is 0. The van der Waals surface area contributed by atoms with Crippen molar-refractivity contribution in [1.82, 2.24) is 0 Å². The summed E-state index contributed by atoms with van der Waals surface area (Å²) in [5.41, 5.74) is 7.38. The molecule has 0 aromatic heterocycles. The van der Waals surface area contributed by atoms with Gasteiger partial charge in [-0.3, -0.25) is 4.90 Å². The van der Waals surface area contributed by atoms with Crippen molar-refractivity contribution in [3.8, 4) is 0 Å². The summed E-state index contributed by atoms with van der Waals surface area (Å²) in [7, 11) is 0. The first-order valence-electron chi connectivity index (χ1n) is 4.06. The number of hydrogen-bond donors (Lipinski definition) is 2. The van der Waals surface area contributed by atoms with Crippen LogP contribution in [0.2, 0.25) is 0 Å². The number of nitrogens with zero attached hydrogens (tertiary/aromatic N) is 1. The minimum Gasteiger partial charge on any atom is -0.465 e. The second-order valence-electron chi connectivity index (χ2n) is 3.05. The number of benzene rings is 1. The van der Waals surface area contributed by atoms with Gasteiger partial charge in [-0.05, 0) is 11.6 Å². The molecule has 13 heavy (non-hydrogen) atoms. The smallest absolute Gasteiger partial charge is 0.413 e. The van der Waals surface area contributed by atoms with E-state index in [0.29, 0.717) is 12.1 Å². The standard InChI is InChI=1S/C9H10N2O2/c10-8-5-6-3-1-2-4-7(6)11(8)9(12)13/h1-4,8H,5,10H2,(H,12,13). The zero-order valence-corrected chi connectivity index (χ0v) is 6.97. The highest BCUT2D eigenvalue weighted by molar-refractivity contribution is 5.89. The van der Waals surface area contributed by atoms with Crippen molar-refractivity contribution < 1.29 is 9.90 Å². The van der Waals surface area contributed by atoms with E-state index in [2.05, 4.69) is 0 Å². The third kappa shape index (κ3) is 1.15. The molecule has 4 nitrogen and oxygen atoms in total. The maximum atomic E-state index is 10.8. The van der Waals surface area contributed by atoms with Gasteiger partial charge in [0, 0.05) is 6.42 Å². The third-order valence-electron chi connectivity index (χ3n) is 2.22. The highest BCUT2D eigenvalue weighted by atomic mass is 16.4. The van der Waals surface area contributed by atoms with Crippen molar-refractivity contribution in [2.24, 2.45) is 5.73 Å². The van der Waals surface area contributed by atoms with Crippen molar-refractivity contribution in [1.29, 1.82) is 0 Å². The van der Waals surface area contributed by atoms with Crippen LogP contribution in [0.15, 0.2) is 24.3 Å². The van der Waals surface area contributed by atoms with Crippen molar-refractivity contribution in [3.63, 3.8) is 0 Å². The Morgan fingerprint density at radius 1 is 1.54 bits per heavy atom. The molecule has 1 unspecified atom stereocenters. The average molecular weight is 178 g/mol. The van der Waals surface area contributed by atoms with E-state index in [1.54, 1.807) is 6.07 Å². The molecule has 1 heterocycles. The lowest BCUT2D eigenvalue weighted by atomic mass is 10.2. The summed E-state index contributed by atoms with van der Waals surface area (Å²) in [4.78, 5) is 12.0. The summed E-state index contributed by atoms with van der Waals surface area (Å²) in [6.07, 6.45) is -0.824. The molecule has 3 N–H and O–H groups in total. The van der Waals surface area contributed by atoms with E-state index in [0.717, 1.165) is 5.56 Å². The van der Waals surface area contributed by atoms with Crippen LogP contribution in [0.4, 0.5) is 10.5 Å². The Hall–Kier alpha value is -1.55. The van der Waals surface area contributed by atoms with Crippen molar-refractivity contribution in [2.75, 3.05) is 4.90 Å². The molecule has 68 valence electrons. The Balaban J connectivity index is 2.46. The number of para-hydroxylation sites is 1. The number of nitrogens with two attached hydrogens (primary N) is 1. The van der Waals surface area contributed by atoms with Gasteiger partial charge in [0.2, 0.25) is 0 Å². The quantitative estimate of drug-likeness (QED) is 0.623. The Morgan fingerprint density at radius 2 is 2.23 bits per heavy atom. The molecular weight excluding hydrogens is 168 g/mol. The van der Waals surface area contributed by atoms with E-state index in [1.807, 2.05) is 18.2 Å². The van der Waals surface area contributed by atoms with Crippen LogP contribution < -0.4 is 10.6 Å². The van der Waals surface area contributed by atoms with Crippen LogP contribution >= 0.6 is 0 Å². The van der Waals surface area contributed by atoms with Crippen molar-refractivity contribution in [2.45, 2.75) is 12.6 Å². The highest BCUT2D eigenvalue weighted by Crippen LogP contribution is 2.29. The van der Waals surface area contributed by atoms with Gasteiger partial charge in [0.1, 0.15) is 0 Å². The van der Waals surface area contributed by atoms with Gasteiger partial charge < -0.3 is 10.8 Å². The summed E-state index contributed by atoms with van der Waals surface area (Å²) in [5.74, 6) is 0. The van der Waals surface area contributed by atoms with Crippen molar-refractivity contribution >= 4 is 11.8 Å². The first kappa shape index (κ1) is 8.07. The van der Waals surface area contributed by atoms with Gasteiger partial charge in [-0.25, -0.2) is 4.79 Å². The summed E-state index contributed by atoms with van der Waals surface area (Å²) < 4.78 is 0. The molecular formula is C9H10N2O2. The number of hydrogen-bond acceptors (Lipinski definition) is 2. The van der Waals surface area contributed by atoms with Crippen LogP contribution in [0.1, 0.15) is 5.56 Å². The highest BCUT2D eigenvalue weighted by Gasteiger charge is 2.30. The number of anilines is 1. The van der Waals surface area contributed by atoms with Crippen LogP contribution in [-0.2, 0) is 6.42 Å². The molecule has 0 radical (unpaired) electrons. The van der Waals surface area contributed by atoms with E-state index in [9.17, 15) is 4.79 Å². The van der Waals surface area contributed by atoms with E-state index in [-0.39, 0.29) is 0 Å². The third-order valence-corrected chi connectivity index (χ3v) is 2.22. The van der Waals surface area contributed by atoms with Gasteiger partial charge in [0.15, 0.2) is 0 Å². The van der Waals surface area contributed by atoms with Crippen molar-refractivity contribution in [3.05, 3.63) is 29.8 Å². The van der Waals surface area contributed by atoms with E-state index >= 15 is 0 Å². The largest absolute Gasteiger partial charge is 0.465 e. The van der Waals surface area contributed by atoms with Gasteiger partial charge in [0.25, 0.3) is 0 Å². The summed E-state index contributed by atoms with van der Waals surface area (Å²) in [6, 6.07) is 7.37. The summed E-state index contributed by atoms with van der Waals surface area (Å²) in [6.45, 7) is 0. The predicted molar refractivity (Wildman–Crippen MR) is 48.6 cm³/mol. The molecule has 1 aromatic carbocycles.